The van der Waals surface area contributed by atoms with Crippen molar-refractivity contribution in [3.05, 3.63) is 12.2 Å². The number of nitrogens with two attached hydrogens (primary N) is 1. The van der Waals surface area contributed by atoms with Crippen molar-refractivity contribution in [3.63, 3.8) is 0 Å². The Bertz CT molecular complexity index is 586. The number of H-pyrrole nitrogens is 1. The topological polar surface area (TPSA) is 80.5 Å². The van der Waals surface area contributed by atoms with Crippen molar-refractivity contribution in [2.45, 2.75) is 18.3 Å². The second-order valence-corrected chi connectivity index (χ2v) is 3.60. The van der Waals surface area contributed by atoms with Gasteiger partial charge < -0.3 is 10.7 Å². The molecule has 0 atom stereocenters. The van der Waals surface area contributed by atoms with Crippen molar-refractivity contribution in [3.8, 4) is 0 Å². The molecule has 2 aromatic heterocycles. The third kappa shape index (κ3) is 2.39. The van der Waals surface area contributed by atoms with Gasteiger partial charge in [0.15, 0.2) is 11.5 Å². The van der Waals surface area contributed by atoms with Crippen LogP contribution in [0.15, 0.2) is 6.33 Å². The molecule has 0 aromatic carbocycles. The summed E-state index contributed by atoms with van der Waals surface area (Å²) in [7, 11) is 0. The maximum absolute atomic E-state index is 12.5. The fourth-order valence-electron chi connectivity index (χ4n) is 1.50. The molecular formula is C8H5F6N5. The Morgan fingerprint density at radius 2 is 1.63 bits per heavy atom. The first kappa shape index (κ1) is 13.4. The molecule has 0 bridgehead atoms. The molecule has 2 aromatic rings. The van der Waals surface area contributed by atoms with Crippen LogP contribution in [0.2, 0.25) is 0 Å². The minimum atomic E-state index is -5.53. The van der Waals surface area contributed by atoms with E-state index in [0.717, 1.165) is 6.33 Å². The predicted octanol–water partition coefficient (Wildman–Crippen LogP) is 2.14. The zero-order valence-corrected chi connectivity index (χ0v) is 8.84. The van der Waals surface area contributed by atoms with Crippen molar-refractivity contribution >= 4 is 17.0 Å². The first-order valence-electron chi connectivity index (χ1n) is 4.70. The van der Waals surface area contributed by atoms with Gasteiger partial charge in [-0.15, -0.1) is 0 Å². The predicted molar refractivity (Wildman–Crippen MR) is 50.9 cm³/mol. The summed E-state index contributed by atoms with van der Waals surface area (Å²) in [4.78, 5) is 11.9. The highest BCUT2D eigenvalue weighted by atomic mass is 19.4. The highest BCUT2D eigenvalue weighted by Crippen LogP contribution is 2.45. The summed E-state index contributed by atoms with van der Waals surface area (Å²) < 4.78 is 74.9. The van der Waals surface area contributed by atoms with Crippen LogP contribution in [0.25, 0.3) is 11.2 Å². The smallest absolute Gasteiger partial charge is 0.382 e. The zero-order valence-electron chi connectivity index (χ0n) is 8.84. The van der Waals surface area contributed by atoms with Crippen molar-refractivity contribution < 1.29 is 26.3 Å². The van der Waals surface area contributed by atoms with Gasteiger partial charge in [-0.25, -0.2) is 15.0 Å². The molecule has 0 aliphatic heterocycles. The van der Waals surface area contributed by atoms with Gasteiger partial charge in [0.05, 0.1) is 0 Å². The van der Waals surface area contributed by atoms with Crippen molar-refractivity contribution in [2.75, 3.05) is 5.73 Å². The van der Waals surface area contributed by atoms with E-state index in [0.29, 0.717) is 0 Å². The second-order valence-electron chi connectivity index (χ2n) is 3.60. The highest BCUT2D eigenvalue weighted by molar-refractivity contribution is 5.81. The van der Waals surface area contributed by atoms with E-state index in [-0.39, 0.29) is 17.0 Å². The molecular weight excluding hydrogens is 280 g/mol. The molecule has 104 valence electrons. The van der Waals surface area contributed by atoms with Crippen LogP contribution in [-0.2, 0) is 0 Å². The van der Waals surface area contributed by atoms with Gasteiger partial charge in [0, 0.05) is 0 Å². The molecule has 5 nitrogen and oxygen atoms in total. The van der Waals surface area contributed by atoms with Crippen LogP contribution in [-0.4, -0.2) is 32.3 Å². The quantitative estimate of drug-likeness (QED) is 0.787. The Morgan fingerprint density at radius 1 is 1.05 bits per heavy atom. The van der Waals surface area contributed by atoms with Crippen molar-refractivity contribution in [2.24, 2.45) is 0 Å². The van der Waals surface area contributed by atoms with E-state index in [1.165, 1.54) is 0 Å². The summed E-state index contributed by atoms with van der Waals surface area (Å²) in [6.07, 6.45) is -10.2. The number of fused-ring (bicyclic) bond motifs is 1. The fraction of sp³-hybridized carbons (Fsp3) is 0.375. The Kier molecular flexibility index (Phi) is 2.79. The lowest BCUT2D eigenvalue weighted by molar-refractivity contribution is -0.255. The zero-order chi connectivity index (χ0) is 14.4. The molecule has 0 radical (unpaired) electrons. The van der Waals surface area contributed by atoms with Gasteiger partial charge in [-0.1, -0.05) is 0 Å². The summed E-state index contributed by atoms with van der Waals surface area (Å²) in [5.74, 6) is -5.33. The van der Waals surface area contributed by atoms with Crippen LogP contribution in [0, 0.1) is 0 Å². The molecule has 0 unspecified atom stereocenters. The number of nitrogens with zero attached hydrogens (tertiary/aromatic N) is 3. The summed E-state index contributed by atoms with van der Waals surface area (Å²) in [6, 6.07) is 0. The van der Waals surface area contributed by atoms with Crippen LogP contribution in [0.4, 0.5) is 32.2 Å². The Hall–Kier alpha value is -2.07. The minimum absolute atomic E-state index is 0.268. The normalized spacial score (nSPS) is 13.4. The van der Waals surface area contributed by atoms with Crippen LogP contribution >= 0.6 is 0 Å². The van der Waals surface area contributed by atoms with E-state index < -0.39 is 24.1 Å². The summed E-state index contributed by atoms with van der Waals surface area (Å²) in [5.41, 5.74) is 4.68. The van der Waals surface area contributed by atoms with E-state index in [9.17, 15) is 26.3 Å². The molecule has 2 heterocycles. The molecule has 19 heavy (non-hydrogen) atoms. The number of aromatic amines is 1. The standard InChI is InChI=1S/C8H5F6N5/c9-7(10,11)3(8(12,13)14)6-18-2-4(15)16-1-17-5(2)19-6/h1,3H,(H3,15,16,17,18,19). The van der Waals surface area contributed by atoms with E-state index in [4.69, 9.17) is 5.73 Å². The van der Waals surface area contributed by atoms with E-state index in [1.54, 1.807) is 0 Å². The molecule has 0 saturated carbocycles. The molecule has 3 N–H and O–H groups in total. The number of rotatable bonds is 1. The monoisotopic (exact) mass is 285 g/mol. The van der Waals surface area contributed by atoms with Gasteiger partial charge in [0.1, 0.15) is 17.7 Å². The molecule has 0 spiro atoms. The maximum Gasteiger partial charge on any atom is 0.407 e. The lowest BCUT2D eigenvalue weighted by atomic mass is 10.1. The average Bonchev–Trinajstić information content (AvgIpc) is 2.57. The van der Waals surface area contributed by atoms with Crippen LogP contribution in [0.1, 0.15) is 11.7 Å². The summed E-state index contributed by atoms with van der Waals surface area (Å²) in [5, 5.41) is 0. The van der Waals surface area contributed by atoms with Gasteiger partial charge in [0.2, 0.25) is 5.92 Å². The van der Waals surface area contributed by atoms with Gasteiger partial charge in [-0.3, -0.25) is 0 Å². The Morgan fingerprint density at radius 3 is 2.11 bits per heavy atom. The van der Waals surface area contributed by atoms with Crippen molar-refractivity contribution in [1.29, 1.82) is 0 Å². The number of hydrogen-bond acceptors (Lipinski definition) is 4. The van der Waals surface area contributed by atoms with Gasteiger partial charge in [0.25, 0.3) is 0 Å². The number of halogens is 6. The maximum atomic E-state index is 12.5. The Labute approximate surface area is 100 Å². The Balaban J connectivity index is 2.61. The van der Waals surface area contributed by atoms with Gasteiger partial charge in [-0.05, 0) is 0 Å². The molecule has 0 aliphatic carbocycles. The van der Waals surface area contributed by atoms with Gasteiger partial charge in [-0.2, -0.15) is 26.3 Å². The highest BCUT2D eigenvalue weighted by Gasteiger charge is 2.59. The second kappa shape index (κ2) is 3.96. The van der Waals surface area contributed by atoms with E-state index in [2.05, 4.69) is 15.0 Å². The minimum Gasteiger partial charge on any atom is -0.382 e. The molecule has 0 amide bonds. The molecule has 0 saturated heterocycles. The van der Waals surface area contributed by atoms with E-state index in [1.807, 2.05) is 4.98 Å². The number of anilines is 1. The average molecular weight is 285 g/mol. The summed E-state index contributed by atoms with van der Waals surface area (Å²) >= 11 is 0. The fourth-order valence-corrected chi connectivity index (χ4v) is 1.50. The van der Waals surface area contributed by atoms with Crippen LogP contribution in [0.5, 0.6) is 0 Å². The number of alkyl halides is 6. The number of nitrogens with one attached hydrogen (secondary N) is 1. The third-order valence-corrected chi connectivity index (χ3v) is 2.26. The molecule has 11 heteroatoms. The molecule has 0 aliphatic rings. The lowest BCUT2D eigenvalue weighted by Gasteiger charge is -2.20. The van der Waals surface area contributed by atoms with Crippen LogP contribution < -0.4 is 5.73 Å². The van der Waals surface area contributed by atoms with Crippen LogP contribution in [0.3, 0.4) is 0 Å². The largest absolute Gasteiger partial charge is 0.407 e. The lowest BCUT2D eigenvalue weighted by Crippen LogP contribution is -2.34. The van der Waals surface area contributed by atoms with Crippen molar-refractivity contribution in [1.82, 2.24) is 19.9 Å². The SMILES string of the molecule is Nc1ncnc2nc(C(C(F)(F)F)C(F)(F)F)[nH]c12. The number of imidazole rings is 1. The third-order valence-electron chi connectivity index (χ3n) is 2.26. The van der Waals surface area contributed by atoms with E-state index >= 15 is 0 Å². The molecule has 0 fully saturated rings. The first-order valence-corrected chi connectivity index (χ1v) is 4.70. The molecule has 2 rings (SSSR count). The number of nitrogen functional groups attached to an aromatic ring is 1. The summed E-state index contributed by atoms with van der Waals surface area (Å²) in [6.45, 7) is 0. The number of aromatic nitrogens is 4. The number of hydrogen-bond donors (Lipinski definition) is 2. The van der Waals surface area contributed by atoms with Gasteiger partial charge >= 0.3 is 12.4 Å². The first-order chi connectivity index (χ1) is 8.60.